The number of carbonyl (C=O) groups is 1. The zero-order valence-corrected chi connectivity index (χ0v) is 14.0. The Kier molecular flexibility index (Phi) is 4.26. The first-order valence-corrected chi connectivity index (χ1v) is 8.71. The van der Waals surface area contributed by atoms with Crippen molar-refractivity contribution < 1.29 is 18.3 Å². The predicted molar refractivity (Wildman–Crippen MR) is 85.4 cm³/mol. The molecule has 0 aliphatic heterocycles. The Morgan fingerprint density at radius 3 is 2.57 bits per heavy atom. The molecule has 0 amide bonds. The van der Waals surface area contributed by atoms with Gasteiger partial charge >= 0.3 is 5.97 Å². The summed E-state index contributed by atoms with van der Waals surface area (Å²) in [5, 5.41) is 10.8. The number of carboxylic acids is 1. The number of halogens is 1. The Hall–Kier alpha value is -1.58. The number of hydrogen-bond acceptors (Lipinski definition) is 5. The molecule has 2 rings (SSSR count). The molecule has 0 saturated carbocycles. The van der Waals surface area contributed by atoms with Crippen LogP contribution in [-0.2, 0) is 10.0 Å². The van der Waals surface area contributed by atoms with Crippen LogP contribution in [0.15, 0.2) is 38.3 Å². The molecule has 0 aliphatic carbocycles. The lowest BCUT2D eigenvalue weighted by Crippen LogP contribution is -2.27. The van der Waals surface area contributed by atoms with E-state index < -0.39 is 16.0 Å². The van der Waals surface area contributed by atoms with E-state index in [9.17, 15) is 18.3 Å². The largest absolute Gasteiger partial charge is 0.478 e. The lowest BCUT2D eigenvalue weighted by Gasteiger charge is -2.20. The lowest BCUT2D eigenvalue weighted by molar-refractivity contribution is 0.0698. The summed E-state index contributed by atoms with van der Waals surface area (Å²) in [6, 6.07) is 5.68. The summed E-state index contributed by atoms with van der Waals surface area (Å²) in [6.07, 6.45) is 0. The number of carboxylic acid groups (broad SMARTS) is 1. The number of rotatable bonds is 4. The zero-order valence-electron chi connectivity index (χ0n) is 10.8. The Morgan fingerprint density at radius 2 is 2.05 bits per heavy atom. The molecule has 2 aromatic rings. The molecular formula is C12H11BrN2O4S2. The highest BCUT2D eigenvalue weighted by molar-refractivity contribution is 9.10. The first-order chi connectivity index (χ1) is 9.75. The molecule has 0 atom stereocenters. The molecular weight excluding hydrogens is 380 g/mol. The van der Waals surface area contributed by atoms with Crippen molar-refractivity contribution in [1.29, 1.82) is 0 Å². The molecule has 0 saturated heterocycles. The molecule has 0 fully saturated rings. The number of nitrogen functional groups attached to an aromatic ring is 1. The summed E-state index contributed by atoms with van der Waals surface area (Å²) in [5.41, 5.74) is 5.69. The van der Waals surface area contributed by atoms with Gasteiger partial charge in [0.05, 0.1) is 11.3 Å². The number of hydrogen-bond donors (Lipinski definition) is 2. The van der Waals surface area contributed by atoms with Gasteiger partial charge in [-0.05, 0) is 45.6 Å². The SMILES string of the molecule is CN(c1ccc(N)cc1C(=O)O)S(=O)(=O)c1sccc1Br. The molecule has 112 valence electrons. The fourth-order valence-corrected chi connectivity index (χ4v) is 5.40. The lowest BCUT2D eigenvalue weighted by atomic mass is 10.1. The Bertz CT molecular complexity index is 801. The molecule has 0 bridgehead atoms. The Labute approximate surface area is 134 Å². The van der Waals surface area contributed by atoms with E-state index in [4.69, 9.17) is 5.73 Å². The normalized spacial score (nSPS) is 11.3. The highest BCUT2D eigenvalue weighted by Gasteiger charge is 2.28. The van der Waals surface area contributed by atoms with E-state index in [1.165, 1.54) is 25.2 Å². The molecule has 9 heteroatoms. The third-order valence-corrected chi connectivity index (χ3v) is 7.19. The summed E-state index contributed by atoms with van der Waals surface area (Å²) in [7, 11) is -2.54. The van der Waals surface area contributed by atoms with Gasteiger partial charge in [0.2, 0.25) is 0 Å². The number of aromatic carboxylic acids is 1. The summed E-state index contributed by atoms with van der Waals surface area (Å²) < 4.78 is 26.6. The second kappa shape index (κ2) is 5.66. The summed E-state index contributed by atoms with van der Waals surface area (Å²) in [5.74, 6) is -1.25. The Morgan fingerprint density at radius 1 is 1.38 bits per heavy atom. The fraction of sp³-hybridized carbons (Fsp3) is 0.0833. The van der Waals surface area contributed by atoms with E-state index >= 15 is 0 Å². The molecule has 21 heavy (non-hydrogen) atoms. The van der Waals surface area contributed by atoms with Gasteiger partial charge in [-0.3, -0.25) is 4.31 Å². The minimum atomic E-state index is -3.85. The molecule has 0 spiro atoms. The average Bonchev–Trinajstić information content (AvgIpc) is 2.84. The van der Waals surface area contributed by atoms with Crippen LogP contribution in [0.4, 0.5) is 11.4 Å². The van der Waals surface area contributed by atoms with Crippen molar-refractivity contribution in [1.82, 2.24) is 0 Å². The van der Waals surface area contributed by atoms with Crippen LogP contribution in [0.25, 0.3) is 0 Å². The number of anilines is 2. The van der Waals surface area contributed by atoms with Crippen LogP contribution in [0.5, 0.6) is 0 Å². The smallest absolute Gasteiger partial charge is 0.337 e. The summed E-state index contributed by atoms with van der Waals surface area (Å²) >= 11 is 4.22. The number of sulfonamides is 1. The van der Waals surface area contributed by atoms with Gasteiger partial charge in [-0.15, -0.1) is 11.3 Å². The third-order valence-electron chi connectivity index (χ3n) is 2.77. The standard InChI is InChI=1S/C12H11BrN2O4S2/c1-15(21(18,19)12-9(13)4-5-20-12)10-3-2-7(14)6-8(10)11(16)17/h2-6H,14H2,1H3,(H,16,17). The summed E-state index contributed by atoms with van der Waals surface area (Å²) in [4.78, 5) is 11.3. The van der Waals surface area contributed by atoms with E-state index in [-0.39, 0.29) is 21.1 Å². The van der Waals surface area contributed by atoms with Crippen molar-refractivity contribution in [3.63, 3.8) is 0 Å². The van der Waals surface area contributed by atoms with Gasteiger partial charge in [-0.25, -0.2) is 13.2 Å². The van der Waals surface area contributed by atoms with Crippen LogP contribution in [-0.4, -0.2) is 26.5 Å². The first kappa shape index (κ1) is 15.8. The van der Waals surface area contributed by atoms with Gasteiger partial charge in [-0.1, -0.05) is 0 Å². The van der Waals surface area contributed by atoms with Gasteiger partial charge in [0.1, 0.15) is 0 Å². The maximum atomic E-state index is 12.6. The van der Waals surface area contributed by atoms with Crippen molar-refractivity contribution in [3.05, 3.63) is 39.7 Å². The van der Waals surface area contributed by atoms with Gasteiger partial charge in [0.15, 0.2) is 4.21 Å². The zero-order chi connectivity index (χ0) is 15.8. The number of thiophene rings is 1. The van der Waals surface area contributed by atoms with Crippen LogP contribution in [0.3, 0.4) is 0 Å². The van der Waals surface area contributed by atoms with Crippen molar-refractivity contribution in [2.24, 2.45) is 0 Å². The van der Waals surface area contributed by atoms with E-state index in [1.54, 1.807) is 11.4 Å². The van der Waals surface area contributed by atoms with Gasteiger partial charge in [0.25, 0.3) is 10.0 Å². The van der Waals surface area contributed by atoms with Crippen LogP contribution in [0.1, 0.15) is 10.4 Å². The van der Waals surface area contributed by atoms with Crippen LogP contribution in [0, 0.1) is 0 Å². The molecule has 1 heterocycles. The maximum absolute atomic E-state index is 12.6. The minimum Gasteiger partial charge on any atom is -0.478 e. The van der Waals surface area contributed by atoms with Crippen molar-refractivity contribution in [2.45, 2.75) is 4.21 Å². The van der Waals surface area contributed by atoms with E-state index in [0.717, 1.165) is 15.6 Å². The van der Waals surface area contributed by atoms with E-state index in [1.807, 2.05) is 0 Å². The average molecular weight is 391 g/mol. The maximum Gasteiger partial charge on any atom is 0.337 e. The van der Waals surface area contributed by atoms with Crippen LogP contribution < -0.4 is 10.0 Å². The second-order valence-corrected chi connectivity index (χ2v) is 8.05. The van der Waals surface area contributed by atoms with Crippen molar-refractivity contribution >= 4 is 54.6 Å². The van der Waals surface area contributed by atoms with Gasteiger partial charge in [0, 0.05) is 17.2 Å². The van der Waals surface area contributed by atoms with Crippen molar-refractivity contribution in [3.8, 4) is 0 Å². The highest BCUT2D eigenvalue weighted by Crippen LogP contribution is 2.33. The molecule has 3 N–H and O–H groups in total. The van der Waals surface area contributed by atoms with E-state index in [2.05, 4.69) is 15.9 Å². The second-order valence-electron chi connectivity index (χ2n) is 4.11. The quantitative estimate of drug-likeness (QED) is 0.781. The van der Waals surface area contributed by atoms with Gasteiger partial charge in [-0.2, -0.15) is 0 Å². The topological polar surface area (TPSA) is 101 Å². The summed E-state index contributed by atoms with van der Waals surface area (Å²) in [6.45, 7) is 0. The van der Waals surface area contributed by atoms with E-state index in [0.29, 0.717) is 4.47 Å². The Balaban J connectivity index is 2.58. The first-order valence-electron chi connectivity index (χ1n) is 5.60. The highest BCUT2D eigenvalue weighted by atomic mass is 79.9. The third kappa shape index (κ3) is 2.89. The van der Waals surface area contributed by atoms with Crippen molar-refractivity contribution in [2.75, 3.05) is 17.1 Å². The molecule has 0 aliphatic rings. The molecule has 6 nitrogen and oxygen atoms in total. The molecule has 0 radical (unpaired) electrons. The number of nitrogens with zero attached hydrogens (tertiary/aromatic N) is 1. The monoisotopic (exact) mass is 390 g/mol. The van der Waals surface area contributed by atoms with Crippen LogP contribution in [0.2, 0.25) is 0 Å². The molecule has 0 unspecified atom stereocenters. The number of nitrogens with two attached hydrogens (primary N) is 1. The molecule has 1 aromatic carbocycles. The predicted octanol–water partition coefficient (Wildman–Crippen LogP) is 2.62. The van der Waals surface area contributed by atoms with Crippen LogP contribution >= 0.6 is 27.3 Å². The fourth-order valence-electron chi connectivity index (χ4n) is 1.72. The number of benzene rings is 1. The molecule has 1 aromatic heterocycles. The van der Waals surface area contributed by atoms with Gasteiger partial charge < -0.3 is 10.8 Å². The minimum absolute atomic E-state index is 0.0528.